The highest BCUT2D eigenvalue weighted by Crippen LogP contribution is 2.15. The van der Waals surface area contributed by atoms with Crippen molar-refractivity contribution in [3.63, 3.8) is 0 Å². The molecule has 0 saturated carbocycles. The second kappa shape index (κ2) is 7.87. The number of hydrogen-bond donors (Lipinski definition) is 2. The Balaban J connectivity index is 2.22. The summed E-state index contributed by atoms with van der Waals surface area (Å²) in [6, 6.07) is 3.64. The van der Waals surface area contributed by atoms with Crippen molar-refractivity contribution in [2.75, 3.05) is 6.54 Å². The monoisotopic (exact) mass is 269 g/mol. The lowest BCUT2D eigenvalue weighted by molar-refractivity contribution is -0.137. The molecule has 0 saturated heterocycles. The van der Waals surface area contributed by atoms with Crippen LogP contribution >= 0.6 is 11.3 Å². The Kier molecular flexibility index (Phi) is 6.43. The normalized spacial score (nSPS) is 12.1. The van der Waals surface area contributed by atoms with Gasteiger partial charge >= 0.3 is 5.97 Å². The molecule has 0 aliphatic carbocycles. The molecule has 5 heteroatoms. The third-order valence-electron chi connectivity index (χ3n) is 2.93. The van der Waals surface area contributed by atoms with E-state index in [9.17, 15) is 9.59 Å². The van der Waals surface area contributed by atoms with Gasteiger partial charge in [-0.2, -0.15) is 0 Å². The molecular formula is C13H19NO3S. The third kappa shape index (κ3) is 5.31. The van der Waals surface area contributed by atoms with E-state index >= 15 is 0 Å². The number of rotatable bonds is 8. The van der Waals surface area contributed by atoms with Gasteiger partial charge in [0.1, 0.15) is 0 Å². The number of thiophene rings is 1. The maximum atomic E-state index is 11.6. The summed E-state index contributed by atoms with van der Waals surface area (Å²) in [7, 11) is 0. The summed E-state index contributed by atoms with van der Waals surface area (Å²) in [4.78, 5) is 22.9. The largest absolute Gasteiger partial charge is 0.481 e. The molecule has 2 N–H and O–H groups in total. The van der Waals surface area contributed by atoms with Gasteiger partial charge in [-0.1, -0.05) is 19.4 Å². The lowest BCUT2D eigenvalue weighted by Gasteiger charge is -2.13. The van der Waals surface area contributed by atoms with Crippen molar-refractivity contribution in [2.24, 2.45) is 5.92 Å². The van der Waals surface area contributed by atoms with Crippen molar-refractivity contribution in [3.8, 4) is 0 Å². The molecule has 18 heavy (non-hydrogen) atoms. The van der Waals surface area contributed by atoms with Gasteiger partial charge in [0.2, 0.25) is 0 Å². The molecule has 1 amide bonds. The van der Waals surface area contributed by atoms with E-state index in [2.05, 4.69) is 5.32 Å². The van der Waals surface area contributed by atoms with Gasteiger partial charge in [-0.25, -0.2) is 0 Å². The Labute approximate surface area is 111 Å². The summed E-state index contributed by atoms with van der Waals surface area (Å²) in [6.45, 7) is 2.66. The fraction of sp³-hybridized carbons (Fsp3) is 0.538. The van der Waals surface area contributed by atoms with E-state index in [0.29, 0.717) is 23.8 Å². The summed E-state index contributed by atoms with van der Waals surface area (Å²) in [5.74, 6) is -0.432. The molecule has 1 aromatic heterocycles. The highest BCUT2D eigenvalue weighted by atomic mass is 32.1. The molecule has 1 unspecified atom stereocenters. The molecule has 0 bridgehead atoms. The molecule has 0 aliphatic rings. The van der Waals surface area contributed by atoms with Crippen LogP contribution in [-0.4, -0.2) is 23.5 Å². The van der Waals surface area contributed by atoms with Gasteiger partial charge in [0, 0.05) is 13.0 Å². The number of hydrogen-bond acceptors (Lipinski definition) is 3. The minimum atomic E-state index is -0.754. The average Bonchev–Trinajstić information content (AvgIpc) is 2.86. The number of aliphatic carboxylic acids is 1. The Bertz CT molecular complexity index is 376. The smallest absolute Gasteiger partial charge is 0.303 e. The highest BCUT2D eigenvalue weighted by Gasteiger charge is 2.10. The number of carboxylic acid groups (broad SMARTS) is 1. The zero-order valence-corrected chi connectivity index (χ0v) is 11.3. The zero-order chi connectivity index (χ0) is 13.4. The van der Waals surface area contributed by atoms with Crippen LogP contribution in [0.25, 0.3) is 0 Å². The van der Waals surface area contributed by atoms with Crippen molar-refractivity contribution < 1.29 is 14.7 Å². The van der Waals surface area contributed by atoms with E-state index in [1.54, 1.807) is 6.07 Å². The summed E-state index contributed by atoms with van der Waals surface area (Å²) in [5.41, 5.74) is 0. The molecule has 0 aromatic carbocycles. The van der Waals surface area contributed by atoms with Crippen LogP contribution in [0.1, 0.15) is 42.3 Å². The first-order chi connectivity index (χ1) is 8.63. The van der Waals surface area contributed by atoms with Crippen LogP contribution in [0.15, 0.2) is 17.5 Å². The second-order valence-electron chi connectivity index (χ2n) is 4.23. The number of amides is 1. The molecule has 1 atom stereocenters. The second-order valence-corrected chi connectivity index (χ2v) is 5.18. The molecule has 0 spiro atoms. The van der Waals surface area contributed by atoms with Crippen LogP contribution in [-0.2, 0) is 4.79 Å². The lowest BCUT2D eigenvalue weighted by Crippen LogP contribution is -2.25. The first-order valence-electron chi connectivity index (χ1n) is 6.17. The van der Waals surface area contributed by atoms with Gasteiger partial charge in [0.15, 0.2) is 0 Å². The topological polar surface area (TPSA) is 66.4 Å². The first-order valence-corrected chi connectivity index (χ1v) is 7.05. The fourth-order valence-electron chi connectivity index (χ4n) is 1.76. The predicted molar refractivity (Wildman–Crippen MR) is 71.9 cm³/mol. The maximum Gasteiger partial charge on any atom is 0.303 e. The van der Waals surface area contributed by atoms with Crippen LogP contribution in [0.2, 0.25) is 0 Å². The van der Waals surface area contributed by atoms with Gasteiger partial charge in [-0.3, -0.25) is 9.59 Å². The van der Waals surface area contributed by atoms with Crippen molar-refractivity contribution in [1.82, 2.24) is 5.32 Å². The van der Waals surface area contributed by atoms with Gasteiger partial charge in [0.05, 0.1) is 4.88 Å². The van der Waals surface area contributed by atoms with Crippen LogP contribution in [0.5, 0.6) is 0 Å². The Hall–Kier alpha value is -1.36. The van der Waals surface area contributed by atoms with Crippen LogP contribution in [0.3, 0.4) is 0 Å². The molecule has 0 radical (unpaired) electrons. The van der Waals surface area contributed by atoms with Crippen LogP contribution < -0.4 is 5.32 Å². The Morgan fingerprint density at radius 1 is 1.44 bits per heavy atom. The fourth-order valence-corrected chi connectivity index (χ4v) is 2.40. The number of carbonyl (C=O) groups is 2. The summed E-state index contributed by atoms with van der Waals surface area (Å²) < 4.78 is 0. The molecule has 1 aromatic rings. The molecule has 0 aliphatic heterocycles. The predicted octanol–water partition coefficient (Wildman–Crippen LogP) is 2.76. The van der Waals surface area contributed by atoms with Crippen molar-refractivity contribution in [1.29, 1.82) is 0 Å². The van der Waals surface area contributed by atoms with Gasteiger partial charge in [0.25, 0.3) is 5.91 Å². The van der Waals surface area contributed by atoms with E-state index in [1.165, 1.54) is 11.3 Å². The quantitative estimate of drug-likeness (QED) is 0.762. The molecule has 1 heterocycles. The molecule has 4 nitrogen and oxygen atoms in total. The van der Waals surface area contributed by atoms with E-state index in [1.807, 2.05) is 18.4 Å². The standard InChI is InChI=1S/C13H19NO3S/c1-2-10(5-6-12(15)16)7-8-14-13(17)11-4-3-9-18-11/h3-4,9-10H,2,5-8H2,1H3,(H,14,17)(H,15,16). The van der Waals surface area contributed by atoms with Crippen molar-refractivity contribution >= 4 is 23.2 Å². The summed E-state index contributed by atoms with van der Waals surface area (Å²) >= 11 is 1.42. The van der Waals surface area contributed by atoms with Gasteiger partial charge in [-0.05, 0) is 30.2 Å². The minimum Gasteiger partial charge on any atom is -0.481 e. The van der Waals surface area contributed by atoms with Crippen LogP contribution in [0.4, 0.5) is 0 Å². The molecule has 0 fully saturated rings. The number of carboxylic acids is 1. The van der Waals surface area contributed by atoms with E-state index < -0.39 is 5.97 Å². The van der Waals surface area contributed by atoms with Gasteiger partial charge in [-0.15, -0.1) is 11.3 Å². The SMILES string of the molecule is CCC(CCNC(=O)c1cccs1)CCC(=O)O. The maximum absolute atomic E-state index is 11.6. The summed E-state index contributed by atoms with van der Waals surface area (Å²) in [6.07, 6.45) is 2.67. The third-order valence-corrected chi connectivity index (χ3v) is 3.80. The van der Waals surface area contributed by atoms with E-state index in [4.69, 9.17) is 5.11 Å². The van der Waals surface area contributed by atoms with E-state index in [-0.39, 0.29) is 12.3 Å². The number of carbonyl (C=O) groups excluding carboxylic acids is 1. The average molecular weight is 269 g/mol. The first kappa shape index (κ1) is 14.7. The Morgan fingerprint density at radius 3 is 2.78 bits per heavy atom. The molecule has 1 rings (SSSR count). The molecular weight excluding hydrogens is 250 g/mol. The van der Waals surface area contributed by atoms with E-state index in [0.717, 1.165) is 12.8 Å². The Morgan fingerprint density at radius 2 is 2.22 bits per heavy atom. The van der Waals surface area contributed by atoms with Crippen LogP contribution in [0, 0.1) is 5.92 Å². The number of nitrogens with one attached hydrogen (secondary N) is 1. The van der Waals surface area contributed by atoms with Crippen molar-refractivity contribution in [3.05, 3.63) is 22.4 Å². The minimum absolute atomic E-state index is 0.0434. The highest BCUT2D eigenvalue weighted by molar-refractivity contribution is 7.12. The van der Waals surface area contributed by atoms with Gasteiger partial charge < -0.3 is 10.4 Å². The molecule has 100 valence electrons. The lowest BCUT2D eigenvalue weighted by atomic mass is 9.97. The zero-order valence-electron chi connectivity index (χ0n) is 10.5. The van der Waals surface area contributed by atoms with Crippen molar-refractivity contribution in [2.45, 2.75) is 32.6 Å². The summed E-state index contributed by atoms with van der Waals surface area (Å²) in [5, 5.41) is 13.4.